The average molecular weight is 513 g/mol. The van der Waals surface area contributed by atoms with E-state index in [1.165, 1.54) is 0 Å². The number of alkyl halides is 4. The van der Waals surface area contributed by atoms with Gasteiger partial charge in [0.1, 0.15) is 5.67 Å². The molecule has 7 heteroatoms. The minimum Gasteiger partial charge on any atom is -0.382 e. The minimum atomic E-state index is -4.70. The highest BCUT2D eigenvalue weighted by Gasteiger charge is 2.47. The summed E-state index contributed by atoms with van der Waals surface area (Å²) in [4.78, 5) is 3.71. The first-order valence-electron chi connectivity index (χ1n) is 12.7. The van der Waals surface area contributed by atoms with Crippen molar-refractivity contribution in [1.29, 1.82) is 0 Å². The molecule has 3 aromatic rings. The first-order chi connectivity index (χ1) is 17.5. The van der Waals surface area contributed by atoms with E-state index in [4.69, 9.17) is 0 Å². The van der Waals surface area contributed by atoms with Gasteiger partial charge in [0, 0.05) is 36.3 Å². The molecule has 0 aromatic heterocycles. The molecule has 2 unspecified atom stereocenters. The van der Waals surface area contributed by atoms with Crippen molar-refractivity contribution < 1.29 is 22.7 Å². The highest BCUT2D eigenvalue weighted by Crippen LogP contribution is 2.48. The van der Waals surface area contributed by atoms with Crippen molar-refractivity contribution in [3.05, 3.63) is 95.1 Å². The molecule has 196 valence electrons. The lowest BCUT2D eigenvalue weighted by molar-refractivity contribution is -0.200. The van der Waals surface area contributed by atoms with Gasteiger partial charge in [-0.15, -0.1) is 0 Å². The van der Waals surface area contributed by atoms with Crippen LogP contribution in [0.25, 0.3) is 0 Å². The fourth-order valence-electron chi connectivity index (χ4n) is 5.92. The molecular formula is C30H32F4N2O. The molecule has 2 aliphatic heterocycles. The molecule has 2 aliphatic rings. The van der Waals surface area contributed by atoms with E-state index in [0.29, 0.717) is 38.2 Å². The van der Waals surface area contributed by atoms with Crippen molar-refractivity contribution >= 4 is 11.4 Å². The van der Waals surface area contributed by atoms with Crippen LogP contribution in [0.3, 0.4) is 0 Å². The van der Waals surface area contributed by atoms with Gasteiger partial charge in [-0.1, -0.05) is 60.2 Å². The number of nitrogens with zero attached hydrogens (tertiary/aromatic N) is 2. The Kier molecular flexibility index (Phi) is 6.47. The number of anilines is 2. The van der Waals surface area contributed by atoms with Gasteiger partial charge in [-0.3, -0.25) is 0 Å². The van der Waals surface area contributed by atoms with Gasteiger partial charge >= 0.3 is 6.18 Å². The number of aliphatic hydroxyl groups is 1. The van der Waals surface area contributed by atoms with Crippen molar-refractivity contribution in [2.24, 2.45) is 0 Å². The average Bonchev–Trinajstić information content (AvgIpc) is 3.37. The smallest absolute Gasteiger partial charge is 0.382 e. The number of para-hydroxylation sites is 1. The highest BCUT2D eigenvalue weighted by molar-refractivity contribution is 5.67. The van der Waals surface area contributed by atoms with Crippen molar-refractivity contribution in [3.63, 3.8) is 0 Å². The van der Waals surface area contributed by atoms with Gasteiger partial charge in [0.2, 0.25) is 0 Å². The Hall–Kier alpha value is -3.06. The zero-order valence-corrected chi connectivity index (χ0v) is 21.1. The van der Waals surface area contributed by atoms with Crippen molar-refractivity contribution in [1.82, 2.24) is 0 Å². The normalized spacial score (nSPS) is 24.4. The molecule has 3 nitrogen and oxygen atoms in total. The van der Waals surface area contributed by atoms with Gasteiger partial charge in [-0.05, 0) is 55.2 Å². The van der Waals surface area contributed by atoms with Gasteiger partial charge in [0.25, 0.3) is 0 Å². The second-order valence-electron chi connectivity index (χ2n) is 10.8. The molecule has 1 N–H and O–H groups in total. The molecule has 0 amide bonds. The van der Waals surface area contributed by atoms with Crippen LogP contribution in [-0.4, -0.2) is 49.2 Å². The van der Waals surface area contributed by atoms with E-state index in [1.54, 1.807) is 11.8 Å². The SMILES string of the molecule is Cc1cccc(C2(Cc3cccc(N4CCC(C)(F)C4)c3)CN(C[C@@H](O)C(F)(F)F)c3ccccc32)c1. The number of β-amino-alcohol motifs (C(OH)–C–C–N with tert-alkyl or cyclic N) is 1. The summed E-state index contributed by atoms with van der Waals surface area (Å²) >= 11 is 0. The third-order valence-electron chi connectivity index (χ3n) is 7.77. The molecule has 2 heterocycles. The predicted molar refractivity (Wildman–Crippen MR) is 139 cm³/mol. The van der Waals surface area contributed by atoms with Crippen LogP contribution >= 0.6 is 0 Å². The molecule has 5 rings (SSSR count). The van der Waals surface area contributed by atoms with Gasteiger partial charge in [0.05, 0.1) is 13.1 Å². The summed E-state index contributed by atoms with van der Waals surface area (Å²) in [6, 6.07) is 23.7. The van der Waals surface area contributed by atoms with Gasteiger partial charge < -0.3 is 14.9 Å². The minimum absolute atomic E-state index is 0.305. The third kappa shape index (κ3) is 5.06. The first-order valence-corrected chi connectivity index (χ1v) is 12.7. The van der Waals surface area contributed by atoms with Crippen LogP contribution in [0, 0.1) is 6.92 Å². The Bertz CT molecular complexity index is 1270. The zero-order valence-electron chi connectivity index (χ0n) is 21.1. The summed E-state index contributed by atoms with van der Waals surface area (Å²) in [5.74, 6) is 0. The van der Waals surface area contributed by atoms with E-state index in [2.05, 4.69) is 17.0 Å². The van der Waals surface area contributed by atoms with Crippen molar-refractivity contribution in [2.75, 3.05) is 36.0 Å². The second kappa shape index (κ2) is 9.35. The van der Waals surface area contributed by atoms with E-state index in [-0.39, 0.29) is 0 Å². The first kappa shape index (κ1) is 25.6. The van der Waals surface area contributed by atoms with Crippen molar-refractivity contribution in [2.45, 2.75) is 50.1 Å². The number of aliphatic hydroxyl groups excluding tert-OH is 1. The summed E-state index contributed by atoms with van der Waals surface area (Å²) in [6.45, 7) is 4.39. The zero-order chi connectivity index (χ0) is 26.4. The lowest BCUT2D eigenvalue weighted by atomic mass is 9.71. The number of halogens is 4. The van der Waals surface area contributed by atoms with Crippen molar-refractivity contribution in [3.8, 4) is 0 Å². The number of hydrogen-bond acceptors (Lipinski definition) is 3. The Morgan fingerprint density at radius 1 is 0.973 bits per heavy atom. The number of aryl methyl sites for hydroxylation is 1. The lowest BCUT2D eigenvalue weighted by Crippen LogP contribution is -2.44. The lowest BCUT2D eigenvalue weighted by Gasteiger charge is -2.33. The molecule has 0 saturated carbocycles. The van der Waals surface area contributed by atoms with Crippen LogP contribution in [-0.2, 0) is 11.8 Å². The van der Waals surface area contributed by atoms with Crippen LogP contribution in [0.2, 0.25) is 0 Å². The molecule has 1 fully saturated rings. The maximum absolute atomic E-state index is 14.5. The fourth-order valence-corrected chi connectivity index (χ4v) is 5.92. The number of rotatable bonds is 6. The summed E-state index contributed by atoms with van der Waals surface area (Å²) in [7, 11) is 0. The summed E-state index contributed by atoms with van der Waals surface area (Å²) in [6.07, 6.45) is -6.10. The monoisotopic (exact) mass is 512 g/mol. The Labute approximate surface area is 215 Å². The Balaban J connectivity index is 1.56. The van der Waals surface area contributed by atoms with Crippen LogP contribution in [0.1, 0.15) is 35.6 Å². The van der Waals surface area contributed by atoms with Crippen LogP contribution in [0.4, 0.5) is 28.9 Å². The maximum Gasteiger partial charge on any atom is 0.416 e. The molecule has 0 spiro atoms. The highest BCUT2D eigenvalue weighted by atomic mass is 19.4. The van der Waals surface area contributed by atoms with E-state index in [1.807, 2.05) is 67.6 Å². The van der Waals surface area contributed by atoms with Gasteiger partial charge in [-0.2, -0.15) is 13.2 Å². The standard InChI is InChI=1S/C30H32F4N2O/c1-21-7-5-9-23(15-21)29(17-22-8-6-10-24(16-22)35-14-13-28(2,31)19-35)20-36(18-27(37)30(32,33)34)26-12-4-3-11-25(26)29/h3-12,15-16,27,37H,13-14,17-20H2,1-2H3/t27-,28?,29?/m1/s1. The van der Waals surface area contributed by atoms with Gasteiger partial charge in [0.15, 0.2) is 6.10 Å². The summed E-state index contributed by atoms with van der Waals surface area (Å²) in [5.41, 5.74) is 3.88. The number of benzene rings is 3. The molecule has 3 aromatic carbocycles. The fraction of sp³-hybridized carbons (Fsp3) is 0.400. The maximum atomic E-state index is 14.5. The van der Waals surface area contributed by atoms with E-state index < -0.39 is 29.9 Å². The number of fused-ring (bicyclic) bond motifs is 1. The molecule has 0 bridgehead atoms. The second-order valence-corrected chi connectivity index (χ2v) is 10.8. The molecular weight excluding hydrogens is 480 g/mol. The largest absolute Gasteiger partial charge is 0.416 e. The topological polar surface area (TPSA) is 26.7 Å². The molecule has 0 aliphatic carbocycles. The van der Waals surface area contributed by atoms with E-state index >= 15 is 0 Å². The number of hydrogen-bond donors (Lipinski definition) is 1. The van der Waals surface area contributed by atoms with E-state index in [9.17, 15) is 22.7 Å². The Morgan fingerprint density at radius 2 is 1.73 bits per heavy atom. The molecule has 37 heavy (non-hydrogen) atoms. The quantitative estimate of drug-likeness (QED) is 0.398. The predicted octanol–water partition coefficient (Wildman–Crippen LogP) is 6.21. The summed E-state index contributed by atoms with van der Waals surface area (Å²) < 4.78 is 54.5. The van der Waals surface area contributed by atoms with Gasteiger partial charge in [-0.25, -0.2) is 4.39 Å². The Morgan fingerprint density at radius 3 is 2.43 bits per heavy atom. The summed E-state index contributed by atoms with van der Waals surface area (Å²) in [5, 5.41) is 9.94. The van der Waals surface area contributed by atoms with Crippen LogP contribution in [0.15, 0.2) is 72.8 Å². The van der Waals surface area contributed by atoms with Crippen LogP contribution in [0.5, 0.6) is 0 Å². The third-order valence-corrected chi connectivity index (χ3v) is 7.77. The molecule has 3 atom stereocenters. The molecule has 1 saturated heterocycles. The van der Waals surface area contributed by atoms with Crippen LogP contribution < -0.4 is 9.80 Å². The van der Waals surface area contributed by atoms with E-state index in [0.717, 1.165) is 27.9 Å². The molecule has 0 radical (unpaired) electrons.